The Balaban J connectivity index is 0.000000545. The van der Waals surface area contributed by atoms with Gasteiger partial charge in [-0.3, -0.25) is 6.08 Å². The Morgan fingerprint density at radius 2 is 1.36 bits per heavy atom. The molecule has 0 amide bonds. The molecule has 1 nitrogen and oxygen atoms in total. The standard InChI is InChI=1S/C13H22OSi.C13H10.C5H5.2ClH.Ti/c1-10-7-11(14)9-12(8-10)15(5,6)13(2,3)4;1-3-7-12(8-4-1)11-13-9-5-2-6-10-13;1-2-4-5-3-1;;;/h7-9,14H,1-6H3;1-10H;1-3H,4H2;2*1H;/q;;-1;;;+1/p-2. The Morgan fingerprint density at radius 3 is 1.69 bits per heavy atom. The minimum atomic E-state index is -1.50. The molecule has 0 aromatic heterocycles. The molecule has 0 heterocycles. The molecule has 1 N–H and O–H groups in total. The Morgan fingerprint density at radius 1 is 0.861 bits per heavy atom. The number of hydrogen-bond acceptors (Lipinski definition) is 1. The Labute approximate surface area is 243 Å². The van der Waals surface area contributed by atoms with E-state index in [1.807, 2.05) is 43.3 Å². The van der Waals surface area contributed by atoms with Crippen molar-refractivity contribution < 1.29 is 49.9 Å². The van der Waals surface area contributed by atoms with E-state index in [0.29, 0.717) is 10.8 Å². The third-order valence-corrected chi connectivity index (χ3v) is 12.8. The summed E-state index contributed by atoms with van der Waals surface area (Å²) in [4.78, 5) is 0. The SMILES string of the molecule is Cc1cc(O)cc([Si](C)(C)C(C)(C)C)c1.[C-]1=CC=CC1.[Cl-].[Cl-].[Ti+]=[C](c1ccccc1)c1ccccc1. The maximum atomic E-state index is 9.65. The van der Waals surface area contributed by atoms with E-state index in [4.69, 9.17) is 0 Å². The summed E-state index contributed by atoms with van der Waals surface area (Å²) in [7, 11) is -1.50. The molecule has 0 radical (unpaired) electrons. The summed E-state index contributed by atoms with van der Waals surface area (Å²) in [5, 5.41) is 11.3. The summed E-state index contributed by atoms with van der Waals surface area (Å²) in [6.07, 6.45) is 10.0. The first-order valence-electron chi connectivity index (χ1n) is 11.7. The maximum absolute atomic E-state index is 9.65. The molecule has 3 aromatic rings. The van der Waals surface area contributed by atoms with Crippen LogP contribution in [0.2, 0.25) is 18.1 Å². The van der Waals surface area contributed by atoms with E-state index in [9.17, 15) is 5.11 Å². The average Bonchev–Trinajstić information content (AvgIpc) is 3.39. The summed E-state index contributed by atoms with van der Waals surface area (Å²) in [5.41, 5.74) is 3.73. The average molecular weight is 572 g/mol. The zero-order valence-corrected chi connectivity index (χ0v) is 26.2. The van der Waals surface area contributed by atoms with Crippen molar-refractivity contribution in [1.82, 2.24) is 0 Å². The van der Waals surface area contributed by atoms with Gasteiger partial charge in [0, 0.05) is 0 Å². The summed E-state index contributed by atoms with van der Waals surface area (Å²) < 4.78 is 1.33. The zero-order chi connectivity index (χ0) is 25.2. The fourth-order valence-corrected chi connectivity index (χ4v) is 5.76. The first-order chi connectivity index (χ1) is 16.0. The van der Waals surface area contributed by atoms with E-state index < -0.39 is 8.07 Å². The van der Waals surface area contributed by atoms with Gasteiger partial charge < -0.3 is 29.9 Å². The summed E-state index contributed by atoms with van der Waals surface area (Å²) in [6.45, 7) is 13.6. The summed E-state index contributed by atoms with van der Waals surface area (Å²) in [5.74, 6) is 0.398. The van der Waals surface area contributed by atoms with E-state index in [2.05, 4.69) is 121 Å². The summed E-state index contributed by atoms with van der Waals surface area (Å²) >= 11 is 2.16. The van der Waals surface area contributed by atoms with Gasteiger partial charge in [-0.15, -0.1) is 6.42 Å². The minimum absolute atomic E-state index is 0. The third kappa shape index (κ3) is 10.7. The Kier molecular flexibility index (Phi) is 15.5. The second kappa shape index (κ2) is 16.2. The van der Waals surface area contributed by atoms with Gasteiger partial charge in [0.25, 0.3) is 0 Å². The molecule has 1 aliphatic rings. The van der Waals surface area contributed by atoms with Gasteiger partial charge in [0.2, 0.25) is 0 Å². The molecule has 1 aliphatic carbocycles. The van der Waals surface area contributed by atoms with E-state index in [0.717, 1.165) is 12.0 Å². The van der Waals surface area contributed by atoms with Gasteiger partial charge in [0.05, 0.1) is 8.07 Å². The molecule has 0 saturated heterocycles. The Bertz CT molecular complexity index is 1050. The molecule has 0 aliphatic heterocycles. The molecular weight excluding hydrogens is 535 g/mol. The van der Waals surface area contributed by atoms with Crippen LogP contribution < -0.4 is 30.0 Å². The topological polar surface area (TPSA) is 20.2 Å². The monoisotopic (exact) mass is 571 g/mol. The van der Waals surface area contributed by atoms with Gasteiger partial charge in [0.15, 0.2) is 0 Å². The van der Waals surface area contributed by atoms with Crippen molar-refractivity contribution in [2.45, 2.75) is 52.2 Å². The second-order valence-corrected chi connectivity index (χ2v) is 16.2. The molecule has 0 unspecified atom stereocenters. The number of allylic oxidation sites excluding steroid dienone is 4. The quantitative estimate of drug-likeness (QED) is 0.373. The molecule has 0 bridgehead atoms. The van der Waals surface area contributed by atoms with Crippen LogP contribution in [-0.2, 0) is 20.0 Å². The number of benzene rings is 3. The predicted octanol–water partition coefficient (Wildman–Crippen LogP) is 1.53. The normalized spacial score (nSPS) is 11.7. The molecule has 4 rings (SSSR count). The molecule has 3 aromatic carbocycles. The molecule has 191 valence electrons. The molecule has 0 atom stereocenters. The summed E-state index contributed by atoms with van der Waals surface area (Å²) in [6, 6.07) is 26.9. The molecule has 0 fully saturated rings. The van der Waals surface area contributed by atoms with Gasteiger partial charge in [0.1, 0.15) is 5.75 Å². The Hall–Kier alpha value is -1.68. The van der Waals surface area contributed by atoms with Crippen LogP contribution >= 0.6 is 0 Å². The number of rotatable bonds is 3. The van der Waals surface area contributed by atoms with Crippen LogP contribution in [0.3, 0.4) is 0 Å². The number of aryl methyl sites for hydroxylation is 1. The number of phenols is 1. The third-order valence-electron chi connectivity index (χ3n) is 6.37. The van der Waals surface area contributed by atoms with Crippen LogP contribution in [0.25, 0.3) is 0 Å². The fourth-order valence-electron chi connectivity index (χ4n) is 3.27. The number of phenolic OH excluding ortho intramolecular Hbond substituents is 1. The molecule has 0 spiro atoms. The second-order valence-electron chi connectivity index (χ2n) is 10.0. The van der Waals surface area contributed by atoms with Crippen molar-refractivity contribution in [2.75, 3.05) is 0 Å². The first-order valence-corrected chi connectivity index (χ1v) is 15.5. The number of hydrogen-bond donors (Lipinski definition) is 1. The van der Waals surface area contributed by atoms with Crippen molar-refractivity contribution in [3.05, 3.63) is 120 Å². The zero-order valence-electron chi connectivity index (χ0n) is 22.1. The van der Waals surface area contributed by atoms with E-state index >= 15 is 0 Å². The molecule has 0 saturated carbocycles. The van der Waals surface area contributed by atoms with Crippen LogP contribution in [0.1, 0.15) is 43.9 Å². The van der Waals surface area contributed by atoms with Gasteiger partial charge in [-0.25, -0.2) is 12.2 Å². The molecule has 5 heteroatoms. The van der Waals surface area contributed by atoms with Crippen LogP contribution in [0, 0.1) is 13.0 Å². The molecular formula is C31H37Cl2OSiTi-2. The molecule has 36 heavy (non-hydrogen) atoms. The van der Waals surface area contributed by atoms with Crippen molar-refractivity contribution in [3.8, 4) is 5.75 Å². The number of halogens is 2. The van der Waals surface area contributed by atoms with Crippen LogP contribution in [0.4, 0.5) is 0 Å². The van der Waals surface area contributed by atoms with E-state index in [-0.39, 0.29) is 24.8 Å². The van der Waals surface area contributed by atoms with Crippen LogP contribution in [0.5, 0.6) is 5.75 Å². The van der Waals surface area contributed by atoms with Gasteiger partial charge in [-0.1, -0.05) is 45.1 Å². The van der Waals surface area contributed by atoms with Crippen molar-refractivity contribution in [1.29, 1.82) is 0 Å². The predicted molar refractivity (Wildman–Crippen MR) is 147 cm³/mol. The van der Waals surface area contributed by atoms with Crippen LogP contribution in [-0.4, -0.2) is 17.0 Å². The van der Waals surface area contributed by atoms with Crippen molar-refractivity contribution in [3.63, 3.8) is 0 Å². The van der Waals surface area contributed by atoms with Crippen molar-refractivity contribution in [2.24, 2.45) is 0 Å². The fraction of sp³-hybridized carbons (Fsp3) is 0.258. The van der Waals surface area contributed by atoms with Crippen LogP contribution in [0.15, 0.2) is 97.1 Å². The van der Waals surface area contributed by atoms with Crippen molar-refractivity contribution >= 4 is 17.1 Å². The first kappa shape index (κ1) is 34.3. The number of aromatic hydroxyl groups is 1. The van der Waals surface area contributed by atoms with E-state index in [1.54, 1.807) is 0 Å². The van der Waals surface area contributed by atoms with Gasteiger partial charge >= 0.3 is 95.6 Å². The van der Waals surface area contributed by atoms with Gasteiger partial charge in [-0.2, -0.15) is 6.08 Å². The van der Waals surface area contributed by atoms with E-state index in [1.165, 1.54) is 20.1 Å². The van der Waals surface area contributed by atoms with Gasteiger partial charge in [-0.05, 0) is 29.7 Å².